The van der Waals surface area contributed by atoms with Crippen molar-refractivity contribution in [3.05, 3.63) is 71.1 Å². The van der Waals surface area contributed by atoms with Crippen LogP contribution in [0.5, 0.6) is 5.75 Å². The fraction of sp³-hybridized carbons (Fsp3) is 0.385. The maximum atomic E-state index is 12.4. The molecule has 0 radical (unpaired) electrons. The van der Waals surface area contributed by atoms with E-state index in [2.05, 4.69) is 17.2 Å². The molecule has 6 heteroatoms. The van der Waals surface area contributed by atoms with E-state index in [0.29, 0.717) is 17.4 Å². The third-order valence-electron chi connectivity index (χ3n) is 5.26. The van der Waals surface area contributed by atoms with Gasteiger partial charge in [0, 0.05) is 11.3 Å². The van der Waals surface area contributed by atoms with E-state index < -0.39 is 0 Å². The van der Waals surface area contributed by atoms with Gasteiger partial charge in [0.05, 0.1) is 24.1 Å². The molecular weight excluding hydrogens is 420 g/mol. The Morgan fingerprint density at radius 1 is 1.16 bits per heavy atom. The average molecular weight is 453 g/mol. The number of benzene rings is 2. The van der Waals surface area contributed by atoms with Crippen LogP contribution in [-0.4, -0.2) is 23.3 Å². The smallest absolute Gasteiger partial charge is 0.230 e. The van der Waals surface area contributed by atoms with Gasteiger partial charge in [0.25, 0.3) is 0 Å². The van der Waals surface area contributed by atoms with Gasteiger partial charge in [0.2, 0.25) is 11.8 Å². The summed E-state index contributed by atoms with van der Waals surface area (Å²) < 4.78 is 11.6. The Labute approximate surface area is 195 Å². The van der Waals surface area contributed by atoms with Crippen LogP contribution in [0.4, 0.5) is 0 Å². The zero-order valence-corrected chi connectivity index (χ0v) is 20.1. The number of hydrogen-bond acceptors (Lipinski definition) is 5. The molecule has 0 fully saturated rings. The van der Waals surface area contributed by atoms with E-state index >= 15 is 0 Å². The predicted octanol–water partition coefficient (Wildman–Crippen LogP) is 6.25. The van der Waals surface area contributed by atoms with E-state index in [-0.39, 0.29) is 11.9 Å². The molecule has 1 heterocycles. The molecule has 0 aliphatic rings. The molecule has 1 unspecified atom stereocenters. The Morgan fingerprint density at radius 2 is 1.91 bits per heavy atom. The molecule has 1 atom stereocenters. The third kappa shape index (κ3) is 6.63. The fourth-order valence-corrected chi connectivity index (χ4v) is 4.12. The minimum absolute atomic E-state index is 0.00560. The van der Waals surface area contributed by atoms with E-state index in [1.807, 2.05) is 69.3 Å². The molecule has 0 saturated carbocycles. The number of unbranched alkanes of at least 4 members (excludes halogenated alkanes) is 1. The third-order valence-corrected chi connectivity index (χ3v) is 6.21. The van der Waals surface area contributed by atoms with Crippen molar-refractivity contribution in [1.82, 2.24) is 10.3 Å². The Kier molecular flexibility index (Phi) is 8.80. The van der Waals surface area contributed by atoms with Crippen LogP contribution in [0, 0.1) is 13.8 Å². The number of hydrogen-bond donors (Lipinski definition) is 1. The number of ether oxygens (including phenoxy) is 1. The first kappa shape index (κ1) is 23.9. The summed E-state index contributed by atoms with van der Waals surface area (Å²) >= 11 is 1.54. The zero-order valence-electron chi connectivity index (χ0n) is 19.3. The zero-order chi connectivity index (χ0) is 22.9. The number of thioether (sulfide) groups is 1. The minimum Gasteiger partial charge on any atom is -0.494 e. The first-order chi connectivity index (χ1) is 15.5. The monoisotopic (exact) mass is 452 g/mol. The Balaban J connectivity index is 1.46. The normalized spacial score (nSPS) is 11.9. The van der Waals surface area contributed by atoms with Crippen molar-refractivity contribution in [2.75, 3.05) is 12.4 Å². The number of oxazole rings is 1. The summed E-state index contributed by atoms with van der Waals surface area (Å²) in [5.74, 6) is 3.30. The summed E-state index contributed by atoms with van der Waals surface area (Å²) in [5, 5.41) is 3.06. The van der Waals surface area contributed by atoms with Gasteiger partial charge in [0.15, 0.2) is 0 Å². The number of carbonyl (C=O) groups is 1. The van der Waals surface area contributed by atoms with Crippen molar-refractivity contribution in [2.45, 2.75) is 52.3 Å². The highest BCUT2D eigenvalue weighted by molar-refractivity contribution is 7.99. The molecular formula is C26H32N2O3S. The Bertz CT molecular complexity index is 1010. The fourth-order valence-electron chi connectivity index (χ4n) is 3.28. The van der Waals surface area contributed by atoms with Crippen LogP contribution in [0.1, 0.15) is 55.3 Å². The van der Waals surface area contributed by atoms with E-state index in [1.165, 1.54) is 11.8 Å². The number of nitrogens with one attached hydrogen (secondary N) is 1. The SMILES string of the molecule is CCCCOc1ccc(C(C)NC(=O)CSCc2nc(-c3ccccc3C)oc2C)cc1. The minimum atomic E-state index is -0.0609. The van der Waals surface area contributed by atoms with Crippen LogP contribution in [0.25, 0.3) is 11.5 Å². The second kappa shape index (κ2) is 11.8. The Hall–Kier alpha value is -2.73. The molecule has 1 N–H and O–H groups in total. The van der Waals surface area contributed by atoms with Crippen LogP contribution in [0.3, 0.4) is 0 Å². The molecule has 1 aromatic heterocycles. The van der Waals surface area contributed by atoms with E-state index in [1.54, 1.807) is 0 Å². The van der Waals surface area contributed by atoms with Gasteiger partial charge in [-0.05, 0) is 56.5 Å². The molecule has 32 heavy (non-hydrogen) atoms. The molecule has 2 aromatic carbocycles. The molecule has 0 saturated heterocycles. The van der Waals surface area contributed by atoms with Gasteiger partial charge in [-0.3, -0.25) is 4.79 Å². The van der Waals surface area contributed by atoms with Crippen molar-refractivity contribution in [1.29, 1.82) is 0 Å². The molecule has 170 valence electrons. The quantitative estimate of drug-likeness (QED) is 0.349. The summed E-state index contributed by atoms with van der Waals surface area (Å²) in [6.07, 6.45) is 2.16. The molecule has 0 aliphatic heterocycles. The van der Waals surface area contributed by atoms with Crippen LogP contribution in [0.2, 0.25) is 0 Å². The summed E-state index contributed by atoms with van der Waals surface area (Å²) in [6, 6.07) is 15.9. The molecule has 5 nitrogen and oxygen atoms in total. The number of carbonyl (C=O) groups excluding carboxylic acids is 1. The number of amides is 1. The lowest BCUT2D eigenvalue weighted by Gasteiger charge is -2.15. The molecule has 0 spiro atoms. The highest BCUT2D eigenvalue weighted by Gasteiger charge is 2.14. The predicted molar refractivity (Wildman–Crippen MR) is 131 cm³/mol. The lowest BCUT2D eigenvalue weighted by molar-refractivity contribution is -0.119. The summed E-state index contributed by atoms with van der Waals surface area (Å²) in [5.41, 5.74) is 4.07. The number of aromatic nitrogens is 1. The van der Waals surface area contributed by atoms with Gasteiger partial charge in [0.1, 0.15) is 11.5 Å². The highest BCUT2D eigenvalue weighted by Crippen LogP contribution is 2.26. The van der Waals surface area contributed by atoms with Gasteiger partial charge in [-0.2, -0.15) is 0 Å². The maximum absolute atomic E-state index is 12.4. The molecule has 1 amide bonds. The molecule has 0 bridgehead atoms. The van der Waals surface area contributed by atoms with Crippen molar-refractivity contribution < 1.29 is 13.9 Å². The second-order valence-corrected chi connectivity index (χ2v) is 8.88. The van der Waals surface area contributed by atoms with Crippen molar-refractivity contribution in [3.63, 3.8) is 0 Å². The van der Waals surface area contributed by atoms with Gasteiger partial charge in [-0.25, -0.2) is 4.98 Å². The van der Waals surface area contributed by atoms with Gasteiger partial charge < -0.3 is 14.5 Å². The van der Waals surface area contributed by atoms with Crippen molar-refractivity contribution in [3.8, 4) is 17.2 Å². The first-order valence-electron chi connectivity index (χ1n) is 11.1. The van der Waals surface area contributed by atoms with Gasteiger partial charge in [-0.1, -0.05) is 43.7 Å². The molecule has 0 aliphatic carbocycles. The largest absolute Gasteiger partial charge is 0.494 e. The lowest BCUT2D eigenvalue weighted by atomic mass is 10.1. The van der Waals surface area contributed by atoms with Crippen LogP contribution < -0.4 is 10.1 Å². The maximum Gasteiger partial charge on any atom is 0.230 e. The van der Waals surface area contributed by atoms with Crippen LogP contribution in [0.15, 0.2) is 52.9 Å². The van der Waals surface area contributed by atoms with Crippen molar-refractivity contribution >= 4 is 17.7 Å². The van der Waals surface area contributed by atoms with E-state index in [0.717, 1.165) is 53.3 Å². The second-order valence-electron chi connectivity index (χ2n) is 7.89. The summed E-state index contributed by atoms with van der Waals surface area (Å²) in [7, 11) is 0. The average Bonchev–Trinajstić information content (AvgIpc) is 3.15. The van der Waals surface area contributed by atoms with Gasteiger partial charge in [-0.15, -0.1) is 11.8 Å². The number of rotatable bonds is 11. The van der Waals surface area contributed by atoms with Gasteiger partial charge >= 0.3 is 0 Å². The topological polar surface area (TPSA) is 64.4 Å². The summed E-state index contributed by atoms with van der Waals surface area (Å²) in [6.45, 7) is 8.83. The number of nitrogens with zero attached hydrogens (tertiary/aromatic N) is 1. The first-order valence-corrected chi connectivity index (χ1v) is 12.3. The van der Waals surface area contributed by atoms with E-state index in [9.17, 15) is 4.79 Å². The standard InChI is InChI=1S/C26H32N2O3S/c1-5-6-15-30-22-13-11-21(12-14-22)19(3)27-25(29)17-32-16-24-20(4)31-26(28-24)23-10-8-7-9-18(23)2/h7-14,19H,5-6,15-17H2,1-4H3,(H,27,29). The molecule has 3 rings (SSSR count). The molecule has 3 aromatic rings. The summed E-state index contributed by atoms with van der Waals surface area (Å²) in [4.78, 5) is 17.1. The lowest BCUT2D eigenvalue weighted by Crippen LogP contribution is -2.28. The highest BCUT2D eigenvalue weighted by atomic mass is 32.2. The van der Waals surface area contributed by atoms with Crippen LogP contribution in [-0.2, 0) is 10.5 Å². The van der Waals surface area contributed by atoms with Crippen LogP contribution >= 0.6 is 11.8 Å². The van der Waals surface area contributed by atoms with E-state index in [4.69, 9.17) is 9.15 Å². The van der Waals surface area contributed by atoms with Crippen molar-refractivity contribution in [2.24, 2.45) is 0 Å². The number of aryl methyl sites for hydroxylation is 2. The Morgan fingerprint density at radius 3 is 2.62 bits per heavy atom.